The highest BCUT2D eigenvalue weighted by Gasteiger charge is 2.19. The van der Waals surface area contributed by atoms with E-state index in [-0.39, 0.29) is 11.7 Å². The first-order chi connectivity index (χ1) is 12.6. The molecule has 1 amide bonds. The van der Waals surface area contributed by atoms with Gasteiger partial charge in [0, 0.05) is 33.9 Å². The third-order valence-corrected chi connectivity index (χ3v) is 6.35. The molecule has 3 aromatic heterocycles. The minimum absolute atomic E-state index is 0.111. The summed E-state index contributed by atoms with van der Waals surface area (Å²) >= 11 is 4.48. The van der Waals surface area contributed by atoms with Crippen molar-refractivity contribution in [3.8, 4) is 11.4 Å². The lowest BCUT2D eigenvalue weighted by atomic mass is 10.1. The monoisotopic (exact) mass is 405 g/mol. The minimum Gasteiger partial charge on any atom is -0.301 e. The van der Waals surface area contributed by atoms with E-state index < -0.39 is 0 Å². The Morgan fingerprint density at radius 2 is 2.27 bits per heavy atom. The maximum Gasteiger partial charge on any atom is 0.236 e. The number of nitrogens with zero attached hydrogens (tertiary/aromatic N) is 4. The van der Waals surface area contributed by atoms with Gasteiger partial charge in [0.2, 0.25) is 5.91 Å². The number of thiazole rings is 1. The van der Waals surface area contributed by atoms with Gasteiger partial charge >= 0.3 is 0 Å². The Balaban J connectivity index is 1.78. The number of hydrogen-bond acceptors (Lipinski definition) is 7. The van der Waals surface area contributed by atoms with Crippen LogP contribution in [-0.2, 0) is 17.8 Å². The molecule has 6 nitrogen and oxygen atoms in total. The maximum atomic E-state index is 12.1. The molecule has 3 heterocycles. The van der Waals surface area contributed by atoms with E-state index in [1.54, 1.807) is 17.5 Å². The molecule has 0 spiro atoms. The van der Waals surface area contributed by atoms with Crippen LogP contribution in [0.5, 0.6) is 0 Å². The van der Waals surface area contributed by atoms with Crippen molar-refractivity contribution in [1.82, 2.24) is 19.7 Å². The van der Waals surface area contributed by atoms with Crippen LogP contribution in [0.15, 0.2) is 34.8 Å². The van der Waals surface area contributed by atoms with Crippen LogP contribution >= 0.6 is 34.4 Å². The number of amides is 1. The van der Waals surface area contributed by atoms with Crippen LogP contribution in [0.3, 0.4) is 0 Å². The molecule has 0 saturated carbocycles. The highest BCUT2D eigenvalue weighted by Crippen LogP contribution is 2.32. The van der Waals surface area contributed by atoms with Crippen molar-refractivity contribution >= 4 is 45.5 Å². The smallest absolute Gasteiger partial charge is 0.236 e. The number of nitrogens with one attached hydrogen (secondary N) is 1. The minimum atomic E-state index is -0.111. The van der Waals surface area contributed by atoms with Gasteiger partial charge in [-0.2, -0.15) is 0 Å². The molecule has 1 N–H and O–H groups in total. The molecule has 0 bridgehead atoms. The number of thioether (sulfide) groups is 1. The quantitative estimate of drug-likeness (QED) is 0.448. The van der Waals surface area contributed by atoms with E-state index in [1.165, 1.54) is 33.5 Å². The van der Waals surface area contributed by atoms with Gasteiger partial charge in [-0.1, -0.05) is 24.8 Å². The van der Waals surface area contributed by atoms with E-state index in [2.05, 4.69) is 46.3 Å². The van der Waals surface area contributed by atoms with Gasteiger partial charge in [-0.3, -0.25) is 9.36 Å². The molecule has 3 aromatic rings. The van der Waals surface area contributed by atoms with Crippen molar-refractivity contribution in [3.63, 3.8) is 0 Å². The number of thiophene rings is 1. The second-order valence-corrected chi connectivity index (χ2v) is 8.34. The largest absolute Gasteiger partial charge is 0.301 e. The van der Waals surface area contributed by atoms with Gasteiger partial charge in [0.05, 0.1) is 5.75 Å². The predicted molar refractivity (Wildman–Crippen MR) is 109 cm³/mol. The van der Waals surface area contributed by atoms with Gasteiger partial charge in [0.25, 0.3) is 0 Å². The van der Waals surface area contributed by atoms with Crippen molar-refractivity contribution in [2.75, 3.05) is 11.1 Å². The molecule has 0 atom stereocenters. The van der Waals surface area contributed by atoms with Crippen molar-refractivity contribution < 1.29 is 4.79 Å². The van der Waals surface area contributed by atoms with Crippen LogP contribution in [0, 0.1) is 6.92 Å². The molecular weight excluding hydrogens is 386 g/mol. The Labute approximate surface area is 164 Å². The number of aryl methyl sites for hydroxylation is 1. The summed E-state index contributed by atoms with van der Waals surface area (Å²) in [6, 6.07) is 0. The molecule has 0 aliphatic carbocycles. The second kappa shape index (κ2) is 8.61. The molecule has 26 heavy (non-hydrogen) atoms. The molecular formula is C17H19N5OS3. The third kappa shape index (κ3) is 4.05. The van der Waals surface area contributed by atoms with Crippen LogP contribution in [-0.4, -0.2) is 31.4 Å². The van der Waals surface area contributed by atoms with Crippen LogP contribution in [0.4, 0.5) is 5.13 Å². The zero-order valence-corrected chi connectivity index (χ0v) is 17.0. The number of allylic oxidation sites excluding steroid dienone is 1. The fourth-order valence-corrected chi connectivity index (χ4v) is 4.80. The molecule has 0 aliphatic rings. The SMILES string of the molecule is C=CCn1c(SCC(=O)Nc2nccs2)nnc1-c1csc(C)c1CC. The van der Waals surface area contributed by atoms with Gasteiger partial charge in [0.15, 0.2) is 16.1 Å². The number of rotatable bonds is 8. The van der Waals surface area contributed by atoms with Crippen molar-refractivity contribution in [2.24, 2.45) is 0 Å². The molecule has 0 fully saturated rings. The van der Waals surface area contributed by atoms with Crippen LogP contribution in [0.25, 0.3) is 11.4 Å². The van der Waals surface area contributed by atoms with E-state index in [0.717, 1.165) is 17.8 Å². The molecule has 3 rings (SSSR count). The molecule has 0 radical (unpaired) electrons. The van der Waals surface area contributed by atoms with Crippen molar-refractivity contribution in [3.05, 3.63) is 40.1 Å². The molecule has 0 aliphatic heterocycles. The lowest BCUT2D eigenvalue weighted by molar-refractivity contribution is -0.113. The average molecular weight is 406 g/mol. The van der Waals surface area contributed by atoms with Crippen LogP contribution in [0.2, 0.25) is 0 Å². The van der Waals surface area contributed by atoms with Gasteiger partial charge < -0.3 is 5.32 Å². The fraction of sp³-hybridized carbons (Fsp3) is 0.294. The predicted octanol–water partition coefficient (Wildman–Crippen LogP) is 4.25. The first kappa shape index (κ1) is 18.8. The van der Waals surface area contributed by atoms with Gasteiger partial charge in [0.1, 0.15) is 0 Å². The summed E-state index contributed by atoms with van der Waals surface area (Å²) in [6.45, 7) is 8.70. The lowest BCUT2D eigenvalue weighted by Crippen LogP contribution is -2.14. The number of aromatic nitrogens is 4. The fourth-order valence-electron chi connectivity index (χ4n) is 2.57. The van der Waals surface area contributed by atoms with Gasteiger partial charge in [-0.25, -0.2) is 4.98 Å². The highest BCUT2D eigenvalue weighted by atomic mass is 32.2. The van der Waals surface area contributed by atoms with E-state index >= 15 is 0 Å². The Kier molecular flexibility index (Phi) is 6.23. The topological polar surface area (TPSA) is 72.7 Å². The summed E-state index contributed by atoms with van der Waals surface area (Å²) in [5, 5.41) is 16.7. The summed E-state index contributed by atoms with van der Waals surface area (Å²) in [5.74, 6) is 0.965. The average Bonchev–Trinajstić information content (AvgIpc) is 3.34. The van der Waals surface area contributed by atoms with E-state index in [4.69, 9.17) is 0 Å². The normalized spacial score (nSPS) is 10.8. The summed E-state index contributed by atoms with van der Waals surface area (Å²) in [4.78, 5) is 17.4. The number of carbonyl (C=O) groups is 1. The zero-order valence-electron chi connectivity index (χ0n) is 14.6. The first-order valence-corrected chi connectivity index (χ1v) is 10.8. The lowest BCUT2D eigenvalue weighted by Gasteiger charge is -2.08. The molecule has 136 valence electrons. The first-order valence-electron chi connectivity index (χ1n) is 8.07. The van der Waals surface area contributed by atoms with Crippen molar-refractivity contribution in [2.45, 2.75) is 32.0 Å². The molecule has 0 saturated heterocycles. The Morgan fingerprint density at radius 1 is 1.42 bits per heavy atom. The molecule has 0 unspecified atom stereocenters. The molecule has 9 heteroatoms. The van der Waals surface area contributed by atoms with Crippen LogP contribution < -0.4 is 5.32 Å². The van der Waals surface area contributed by atoms with Crippen molar-refractivity contribution in [1.29, 1.82) is 0 Å². The number of carbonyl (C=O) groups excluding carboxylic acids is 1. The van der Waals surface area contributed by atoms with Gasteiger partial charge in [-0.15, -0.1) is 39.4 Å². The van der Waals surface area contributed by atoms with Gasteiger partial charge in [-0.05, 0) is 18.9 Å². The Morgan fingerprint density at radius 3 is 2.96 bits per heavy atom. The number of hydrogen-bond donors (Lipinski definition) is 1. The standard InChI is InChI=1S/C17H19N5OS3/c1-4-7-22-15(13-9-25-11(3)12(13)5-2)20-21-17(22)26-10-14(23)19-16-18-6-8-24-16/h4,6,8-9H,1,5,7,10H2,2-3H3,(H,18,19,23). The van der Waals surface area contributed by atoms with E-state index in [1.807, 2.05) is 16.0 Å². The molecule has 0 aromatic carbocycles. The number of anilines is 1. The zero-order chi connectivity index (χ0) is 18.5. The highest BCUT2D eigenvalue weighted by molar-refractivity contribution is 7.99. The maximum absolute atomic E-state index is 12.1. The Bertz CT molecular complexity index is 898. The van der Waals surface area contributed by atoms with E-state index in [0.29, 0.717) is 16.8 Å². The third-order valence-electron chi connectivity index (χ3n) is 3.74. The second-order valence-electron chi connectivity index (χ2n) is 5.42. The summed E-state index contributed by atoms with van der Waals surface area (Å²) < 4.78 is 2.01. The summed E-state index contributed by atoms with van der Waals surface area (Å²) in [5.41, 5.74) is 2.41. The Hall–Kier alpha value is -1.97. The summed E-state index contributed by atoms with van der Waals surface area (Å²) in [7, 11) is 0. The van der Waals surface area contributed by atoms with Crippen LogP contribution in [0.1, 0.15) is 17.4 Å². The van der Waals surface area contributed by atoms with E-state index in [9.17, 15) is 4.79 Å². The summed E-state index contributed by atoms with van der Waals surface area (Å²) in [6.07, 6.45) is 4.43.